The van der Waals surface area contributed by atoms with Crippen LogP contribution in [0.4, 0.5) is 0 Å². The van der Waals surface area contributed by atoms with Crippen LogP contribution in [0, 0.1) is 11.8 Å². The Balaban J connectivity index is 1.83. The SMILES string of the molecule is OCC1(CO)NC2CCCC3CCCC(N1)C32. The molecule has 1 heterocycles. The first-order chi connectivity index (χ1) is 8.28. The summed E-state index contributed by atoms with van der Waals surface area (Å²) in [5.74, 6) is 1.56. The Bertz CT molecular complexity index is 259. The lowest BCUT2D eigenvalue weighted by Crippen LogP contribution is -2.76. The Hall–Kier alpha value is -0.160. The summed E-state index contributed by atoms with van der Waals surface area (Å²) >= 11 is 0. The van der Waals surface area contributed by atoms with Crippen LogP contribution in [0.3, 0.4) is 0 Å². The number of nitrogens with one attached hydrogen (secondary N) is 2. The molecule has 4 N–H and O–H groups in total. The van der Waals surface area contributed by atoms with Crippen LogP contribution >= 0.6 is 0 Å². The highest BCUT2D eigenvalue weighted by Gasteiger charge is 2.49. The van der Waals surface area contributed by atoms with Crippen molar-refractivity contribution in [3.8, 4) is 0 Å². The minimum atomic E-state index is -0.648. The predicted octanol–water partition coefficient (Wildman–Crippen LogP) is 0.197. The standard InChI is InChI=1S/C13H24N2O2/c16-7-13(8-17)14-10-5-1-3-9-4-2-6-11(15-13)12(9)10/h9-12,14-17H,1-8H2. The fourth-order valence-corrected chi connectivity index (χ4v) is 4.37. The molecule has 0 spiro atoms. The van der Waals surface area contributed by atoms with Gasteiger partial charge in [-0.3, -0.25) is 10.6 Å². The zero-order valence-corrected chi connectivity index (χ0v) is 10.4. The van der Waals surface area contributed by atoms with Gasteiger partial charge in [0, 0.05) is 12.1 Å². The van der Waals surface area contributed by atoms with Gasteiger partial charge >= 0.3 is 0 Å². The van der Waals surface area contributed by atoms with E-state index in [-0.39, 0.29) is 13.2 Å². The number of aliphatic hydroxyl groups is 2. The van der Waals surface area contributed by atoms with E-state index in [1.165, 1.54) is 38.5 Å². The van der Waals surface area contributed by atoms with Gasteiger partial charge in [-0.1, -0.05) is 25.7 Å². The number of rotatable bonds is 2. The molecule has 3 fully saturated rings. The molecule has 4 nitrogen and oxygen atoms in total. The molecule has 17 heavy (non-hydrogen) atoms. The predicted molar refractivity (Wildman–Crippen MR) is 65.4 cm³/mol. The maximum absolute atomic E-state index is 9.54. The van der Waals surface area contributed by atoms with E-state index in [1.807, 2.05) is 0 Å². The third kappa shape index (κ3) is 1.91. The molecule has 1 saturated heterocycles. The lowest BCUT2D eigenvalue weighted by atomic mass is 9.64. The van der Waals surface area contributed by atoms with Crippen LogP contribution in [0.5, 0.6) is 0 Å². The van der Waals surface area contributed by atoms with Crippen molar-refractivity contribution in [3.05, 3.63) is 0 Å². The van der Waals surface area contributed by atoms with E-state index in [4.69, 9.17) is 0 Å². The second-order valence-electron chi connectivity index (χ2n) is 6.10. The first kappa shape index (κ1) is 11.9. The molecule has 0 bridgehead atoms. The Kier molecular flexibility index (Phi) is 3.15. The van der Waals surface area contributed by atoms with Gasteiger partial charge in [-0.2, -0.15) is 0 Å². The van der Waals surface area contributed by atoms with Crippen molar-refractivity contribution in [2.24, 2.45) is 11.8 Å². The van der Waals surface area contributed by atoms with E-state index in [2.05, 4.69) is 10.6 Å². The van der Waals surface area contributed by atoms with Gasteiger partial charge in [-0.15, -0.1) is 0 Å². The van der Waals surface area contributed by atoms with Crippen molar-refractivity contribution < 1.29 is 10.2 Å². The molecule has 98 valence electrons. The summed E-state index contributed by atoms with van der Waals surface area (Å²) in [6, 6.07) is 0.971. The monoisotopic (exact) mass is 240 g/mol. The molecule has 2 saturated carbocycles. The average Bonchev–Trinajstić information content (AvgIpc) is 2.39. The Morgan fingerprint density at radius 1 is 0.882 bits per heavy atom. The van der Waals surface area contributed by atoms with Gasteiger partial charge < -0.3 is 10.2 Å². The van der Waals surface area contributed by atoms with E-state index in [9.17, 15) is 10.2 Å². The molecule has 2 atom stereocenters. The molecule has 0 radical (unpaired) electrons. The van der Waals surface area contributed by atoms with Crippen LogP contribution in [0.15, 0.2) is 0 Å². The van der Waals surface area contributed by atoms with Crippen LogP contribution in [0.2, 0.25) is 0 Å². The molecule has 3 rings (SSSR count). The highest BCUT2D eigenvalue weighted by molar-refractivity contribution is 5.06. The smallest absolute Gasteiger partial charge is 0.117 e. The quantitative estimate of drug-likeness (QED) is 0.557. The summed E-state index contributed by atoms with van der Waals surface area (Å²) in [7, 11) is 0. The first-order valence-electron chi connectivity index (χ1n) is 7.05. The minimum absolute atomic E-state index is 0.0338. The molecule has 0 aromatic rings. The summed E-state index contributed by atoms with van der Waals surface area (Å²) < 4.78 is 0. The third-order valence-corrected chi connectivity index (χ3v) is 5.12. The van der Waals surface area contributed by atoms with Gasteiger partial charge in [0.2, 0.25) is 0 Å². The molecule has 3 aliphatic rings. The van der Waals surface area contributed by atoms with Crippen LogP contribution < -0.4 is 10.6 Å². The highest BCUT2D eigenvalue weighted by atomic mass is 16.3. The van der Waals surface area contributed by atoms with Crippen LogP contribution in [-0.2, 0) is 0 Å². The molecule has 2 unspecified atom stereocenters. The van der Waals surface area contributed by atoms with Crippen molar-refractivity contribution in [2.75, 3.05) is 13.2 Å². The fraction of sp³-hybridized carbons (Fsp3) is 1.00. The molecule has 0 amide bonds. The minimum Gasteiger partial charge on any atom is -0.393 e. The second-order valence-corrected chi connectivity index (χ2v) is 6.10. The second kappa shape index (κ2) is 4.50. The molecule has 0 aromatic heterocycles. The first-order valence-corrected chi connectivity index (χ1v) is 7.05. The van der Waals surface area contributed by atoms with Crippen LogP contribution in [-0.4, -0.2) is 41.2 Å². The molecule has 2 aliphatic carbocycles. The molecule has 4 heteroatoms. The van der Waals surface area contributed by atoms with Gasteiger partial charge in [-0.05, 0) is 24.7 Å². The van der Waals surface area contributed by atoms with Crippen molar-refractivity contribution in [3.63, 3.8) is 0 Å². The summed E-state index contributed by atoms with van der Waals surface area (Å²) in [4.78, 5) is 0. The zero-order chi connectivity index (χ0) is 11.9. The van der Waals surface area contributed by atoms with Crippen LogP contribution in [0.1, 0.15) is 38.5 Å². The van der Waals surface area contributed by atoms with Gasteiger partial charge in [0.05, 0.1) is 13.2 Å². The summed E-state index contributed by atoms with van der Waals surface area (Å²) in [6.45, 7) is -0.0677. The third-order valence-electron chi connectivity index (χ3n) is 5.12. The number of hydrogen-bond acceptors (Lipinski definition) is 4. The Morgan fingerprint density at radius 2 is 1.41 bits per heavy atom. The van der Waals surface area contributed by atoms with Crippen molar-refractivity contribution in [2.45, 2.75) is 56.3 Å². The lowest BCUT2D eigenvalue weighted by molar-refractivity contribution is -0.0452. The van der Waals surface area contributed by atoms with Crippen molar-refractivity contribution in [1.82, 2.24) is 10.6 Å². The average molecular weight is 240 g/mol. The van der Waals surface area contributed by atoms with Gasteiger partial charge in [0.25, 0.3) is 0 Å². The summed E-state index contributed by atoms with van der Waals surface area (Å²) in [6.07, 6.45) is 7.71. The van der Waals surface area contributed by atoms with E-state index in [1.54, 1.807) is 0 Å². The Labute approximate surface area is 103 Å². The van der Waals surface area contributed by atoms with Crippen molar-refractivity contribution in [1.29, 1.82) is 0 Å². The van der Waals surface area contributed by atoms with Gasteiger partial charge in [0.1, 0.15) is 5.66 Å². The van der Waals surface area contributed by atoms with E-state index in [0.29, 0.717) is 18.0 Å². The maximum Gasteiger partial charge on any atom is 0.117 e. The fourth-order valence-electron chi connectivity index (χ4n) is 4.37. The lowest BCUT2D eigenvalue weighted by Gasteiger charge is -2.56. The van der Waals surface area contributed by atoms with E-state index >= 15 is 0 Å². The molecule has 1 aliphatic heterocycles. The maximum atomic E-state index is 9.54. The van der Waals surface area contributed by atoms with Gasteiger partial charge in [-0.25, -0.2) is 0 Å². The zero-order valence-electron chi connectivity index (χ0n) is 10.4. The van der Waals surface area contributed by atoms with Crippen LogP contribution in [0.25, 0.3) is 0 Å². The number of hydrogen-bond donors (Lipinski definition) is 4. The summed E-state index contributed by atoms with van der Waals surface area (Å²) in [5.41, 5.74) is -0.648. The van der Waals surface area contributed by atoms with E-state index < -0.39 is 5.66 Å². The molecular weight excluding hydrogens is 216 g/mol. The summed E-state index contributed by atoms with van der Waals surface area (Å²) in [5, 5.41) is 26.1. The normalized spacial score (nSPS) is 44.1. The molecular formula is C13H24N2O2. The highest BCUT2D eigenvalue weighted by Crippen LogP contribution is 2.43. The van der Waals surface area contributed by atoms with Gasteiger partial charge in [0.15, 0.2) is 0 Å². The topological polar surface area (TPSA) is 64.5 Å². The van der Waals surface area contributed by atoms with E-state index in [0.717, 1.165) is 5.92 Å². The molecule has 0 aromatic carbocycles. The largest absolute Gasteiger partial charge is 0.393 e. The Morgan fingerprint density at radius 3 is 1.88 bits per heavy atom. The number of aliphatic hydroxyl groups excluding tert-OH is 2. The van der Waals surface area contributed by atoms with Crippen molar-refractivity contribution >= 4 is 0 Å².